The van der Waals surface area contributed by atoms with E-state index in [-0.39, 0.29) is 30.8 Å². The average molecular weight is 414 g/mol. The predicted octanol–water partition coefficient (Wildman–Crippen LogP) is 2.88. The molecule has 3 saturated heterocycles. The molecule has 0 radical (unpaired) electrons. The maximum Gasteiger partial charge on any atom is 0.234 e. The topological polar surface area (TPSA) is 61.4 Å². The number of hydrogen-bond acceptors (Lipinski definition) is 4. The van der Waals surface area contributed by atoms with E-state index in [9.17, 15) is 18.4 Å². The highest BCUT2D eigenvalue weighted by Crippen LogP contribution is 2.41. The average Bonchev–Trinajstić information content (AvgIpc) is 2.64. The lowest BCUT2D eigenvalue weighted by Crippen LogP contribution is -2.45. The van der Waals surface area contributed by atoms with Gasteiger partial charge in [0.1, 0.15) is 11.6 Å². The molecule has 3 aliphatic heterocycles. The van der Waals surface area contributed by atoms with Gasteiger partial charge in [0.05, 0.1) is 5.92 Å². The van der Waals surface area contributed by atoms with Gasteiger partial charge in [-0.05, 0) is 62.7 Å². The van der Waals surface area contributed by atoms with Crippen molar-refractivity contribution in [3.8, 4) is 0 Å². The third-order valence-electron chi connectivity index (χ3n) is 6.50. The second-order valence-corrected chi connectivity index (χ2v) is 8.06. The van der Waals surface area contributed by atoms with Gasteiger partial charge in [0.15, 0.2) is 0 Å². The minimum Gasteiger partial charge on any atom is -0.371 e. The third kappa shape index (κ3) is 4.01. The molecule has 2 amide bonds. The fraction of sp³-hybridized carbons (Fsp3) is 0.600. The van der Waals surface area contributed by atoms with Crippen LogP contribution in [0.25, 0.3) is 0 Å². The number of piperidine rings is 3. The van der Waals surface area contributed by atoms with Crippen LogP contribution in [0.1, 0.15) is 50.0 Å². The Balaban J connectivity index is 0.00000225. The van der Waals surface area contributed by atoms with Crippen LogP contribution in [0, 0.1) is 17.0 Å². The molecule has 8 heteroatoms. The lowest BCUT2D eigenvalue weighted by molar-refractivity contribution is -0.134. The Bertz CT molecular complexity index is 735. The quantitative estimate of drug-likeness (QED) is 0.732. The zero-order valence-corrected chi connectivity index (χ0v) is 16.5. The van der Waals surface area contributed by atoms with Crippen LogP contribution in [0.4, 0.5) is 14.5 Å². The van der Waals surface area contributed by atoms with Crippen molar-refractivity contribution >= 4 is 29.9 Å². The van der Waals surface area contributed by atoms with Gasteiger partial charge in [-0.3, -0.25) is 14.9 Å². The summed E-state index contributed by atoms with van der Waals surface area (Å²) < 4.78 is 29.5. The predicted molar refractivity (Wildman–Crippen MR) is 105 cm³/mol. The molecule has 4 rings (SSSR count). The van der Waals surface area contributed by atoms with Crippen LogP contribution in [-0.2, 0) is 9.59 Å². The molecule has 0 bridgehead atoms. The van der Waals surface area contributed by atoms with Crippen LogP contribution in [0.5, 0.6) is 0 Å². The lowest BCUT2D eigenvalue weighted by atomic mass is 9.71. The van der Waals surface area contributed by atoms with Gasteiger partial charge in [0.2, 0.25) is 11.8 Å². The van der Waals surface area contributed by atoms with E-state index in [0.717, 1.165) is 51.9 Å². The molecule has 5 nitrogen and oxygen atoms in total. The number of anilines is 1. The van der Waals surface area contributed by atoms with Gasteiger partial charge in [-0.25, -0.2) is 8.78 Å². The van der Waals surface area contributed by atoms with E-state index in [1.807, 2.05) is 4.90 Å². The number of amides is 2. The normalized spacial score (nSPS) is 24.6. The SMILES string of the molecule is Cl.O=C1CCC(c2c(F)cc(N3CCC4(CCNCC4)CC3)cc2F)C(=O)N1. The number of carbonyl (C=O) groups is 2. The summed E-state index contributed by atoms with van der Waals surface area (Å²) in [5, 5.41) is 5.56. The van der Waals surface area contributed by atoms with Crippen molar-refractivity contribution < 1.29 is 18.4 Å². The van der Waals surface area contributed by atoms with E-state index in [1.54, 1.807) is 0 Å². The van der Waals surface area contributed by atoms with E-state index in [1.165, 1.54) is 12.1 Å². The molecule has 1 aromatic carbocycles. The Morgan fingerprint density at radius 2 is 1.61 bits per heavy atom. The second-order valence-electron chi connectivity index (χ2n) is 8.06. The first-order valence-corrected chi connectivity index (χ1v) is 9.76. The summed E-state index contributed by atoms with van der Waals surface area (Å²) in [5.41, 5.74) is 0.673. The molecular formula is C20H26ClF2N3O2. The van der Waals surface area contributed by atoms with Gasteiger partial charge in [-0.1, -0.05) is 0 Å². The Labute approximate surface area is 169 Å². The van der Waals surface area contributed by atoms with Gasteiger partial charge in [0.25, 0.3) is 0 Å². The minimum absolute atomic E-state index is 0. The first kappa shape index (κ1) is 21.0. The summed E-state index contributed by atoms with van der Waals surface area (Å²) >= 11 is 0. The highest BCUT2D eigenvalue weighted by Gasteiger charge is 2.37. The lowest BCUT2D eigenvalue weighted by Gasteiger charge is -2.45. The van der Waals surface area contributed by atoms with Crippen molar-refractivity contribution in [3.63, 3.8) is 0 Å². The van der Waals surface area contributed by atoms with E-state index >= 15 is 0 Å². The van der Waals surface area contributed by atoms with Crippen molar-refractivity contribution in [2.75, 3.05) is 31.1 Å². The smallest absolute Gasteiger partial charge is 0.234 e. The summed E-state index contributed by atoms with van der Waals surface area (Å²) in [7, 11) is 0. The van der Waals surface area contributed by atoms with Crippen LogP contribution in [0.3, 0.4) is 0 Å². The number of imide groups is 1. The number of nitrogens with one attached hydrogen (secondary N) is 2. The Morgan fingerprint density at radius 1 is 1.00 bits per heavy atom. The molecular weight excluding hydrogens is 388 g/mol. The fourth-order valence-electron chi connectivity index (χ4n) is 4.75. The maximum absolute atomic E-state index is 14.7. The number of carbonyl (C=O) groups excluding carboxylic acids is 2. The van der Waals surface area contributed by atoms with Crippen molar-refractivity contribution in [3.05, 3.63) is 29.3 Å². The number of rotatable bonds is 2. The van der Waals surface area contributed by atoms with E-state index < -0.39 is 29.4 Å². The van der Waals surface area contributed by atoms with Crippen molar-refractivity contribution in [2.24, 2.45) is 5.41 Å². The number of hydrogen-bond donors (Lipinski definition) is 2. The number of halogens is 3. The standard InChI is InChI=1S/C20H25F2N3O2.ClH/c21-15-11-13(25-9-5-20(6-10-25)3-7-23-8-4-20)12-16(22)18(15)14-1-2-17(26)24-19(14)27;/h11-12,14,23H,1-10H2,(H,24,26,27);1H. The molecule has 2 N–H and O–H groups in total. The number of nitrogens with zero attached hydrogens (tertiary/aromatic N) is 1. The van der Waals surface area contributed by atoms with Gasteiger partial charge >= 0.3 is 0 Å². The fourth-order valence-corrected chi connectivity index (χ4v) is 4.75. The zero-order valence-electron chi connectivity index (χ0n) is 15.7. The van der Waals surface area contributed by atoms with E-state index in [2.05, 4.69) is 10.6 Å². The highest BCUT2D eigenvalue weighted by atomic mass is 35.5. The monoisotopic (exact) mass is 413 g/mol. The molecule has 0 aliphatic carbocycles. The number of benzene rings is 1. The molecule has 0 aromatic heterocycles. The minimum atomic E-state index is -0.948. The Hall–Kier alpha value is -1.73. The zero-order chi connectivity index (χ0) is 19.0. The molecule has 1 unspecified atom stereocenters. The van der Waals surface area contributed by atoms with Crippen LogP contribution >= 0.6 is 12.4 Å². The molecule has 3 heterocycles. The van der Waals surface area contributed by atoms with Crippen LogP contribution in [0.2, 0.25) is 0 Å². The third-order valence-corrected chi connectivity index (χ3v) is 6.50. The summed E-state index contributed by atoms with van der Waals surface area (Å²) in [4.78, 5) is 25.3. The van der Waals surface area contributed by atoms with Gasteiger partial charge in [-0.2, -0.15) is 0 Å². The molecule has 1 atom stereocenters. The maximum atomic E-state index is 14.7. The van der Waals surface area contributed by atoms with Crippen LogP contribution < -0.4 is 15.5 Å². The summed E-state index contributed by atoms with van der Waals surface area (Å²) in [6.45, 7) is 3.67. The second kappa shape index (κ2) is 8.33. The molecule has 3 fully saturated rings. The first-order valence-electron chi connectivity index (χ1n) is 9.76. The molecule has 1 aromatic rings. The Morgan fingerprint density at radius 3 is 2.18 bits per heavy atom. The van der Waals surface area contributed by atoms with Crippen LogP contribution in [0.15, 0.2) is 12.1 Å². The highest BCUT2D eigenvalue weighted by molar-refractivity contribution is 6.01. The summed E-state index contributed by atoms with van der Waals surface area (Å²) in [5.74, 6) is -3.38. The van der Waals surface area contributed by atoms with Gasteiger partial charge < -0.3 is 10.2 Å². The summed E-state index contributed by atoms with van der Waals surface area (Å²) in [6, 6.07) is 2.67. The van der Waals surface area contributed by atoms with Crippen molar-refractivity contribution in [2.45, 2.75) is 44.4 Å². The van der Waals surface area contributed by atoms with Crippen LogP contribution in [-0.4, -0.2) is 38.0 Å². The molecule has 3 aliphatic rings. The van der Waals surface area contributed by atoms with Crippen molar-refractivity contribution in [1.29, 1.82) is 0 Å². The molecule has 0 saturated carbocycles. The van der Waals surface area contributed by atoms with Gasteiger partial charge in [0, 0.05) is 30.8 Å². The molecule has 1 spiro atoms. The van der Waals surface area contributed by atoms with Gasteiger partial charge in [-0.15, -0.1) is 12.4 Å². The summed E-state index contributed by atoms with van der Waals surface area (Å²) in [6.07, 6.45) is 4.63. The van der Waals surface area contributed by atoms with E-state index in [0.29, 0.717) is 11.1 Å². The molecule has 28 heavy (non-hydrogen) atoms. The largest absolute Gasteiger partial charge is 0.371 e. The van der Waals surface area contributed by atoms with E-state index in [4.69, 9.17) is 0 Å². The molecule has 154 valence electrons. The first-order chi connectivity index (χ1) is 13.0. The Kier molecular flexibility index (Phi) is 6.25. The van der Waals surface area contributed by atoms with Crippen molar-refractivity contribution in [1.82, 2.24) is 10.6 Å².